The predicted octanol–water partition coefficient (Wildman–Crippen LogP) is 2.78. The molecule has 0 aliphatic rings. The van der Waals surface area contributed by atoms with Crippen LogP contribution >= 0.6 is 23.4 Å². The first-order valence-electron chi connectivity index (χ1n) is 4.51. The molecule has 0 unspecified atom stereocenters. The van der Waals surface area contributed by atoms with Gasteiger partial charge in [0.25, 0.3) is 0 Å². The van der Waals surface area contributed by atoms with E-state index >= 15 is 0 Å². The zero-order valence-corrected chi connectivity index (χ0v) is 10.2. The van der Waals surface area contributed by atoms with Crippen LogP contribution in [0.15, 0.2) is 18.2 Å². The van der Waals surface area contributed by atoms with E-state index < -0.39 is 0 Å². The molecule has 0 aliphatic heterocycles. The molecule has 0 atom stereocenters. The first-order chi connectivity index (χ1) is 7.65. The summed E-state index contributed by atoms with van der Waals surface area (Å²) in [7, 11) is 0. The van der Waals surface area contributed by atoms with Crippen molar-refractivity contribution >= 4 is 34.8 Å². The highest BCUT2D eigenvalue weighted by Gasteiger charge is 2.02. The third-order valence-electron chi connectivity index (χ3n) is 1.73. The van der Waals surface area contributed by atoms with Crippen molar-refractivity contribution in [1.82, 2.24) is 0 Å². The second-order valence-electron chi connectivity index (χ2n) is 2.90. The van der Waals surface area contributed by atoms with Crippen LogP contribution < -0.4 is 0 Å². The van der Waals surface area contributed by atoms with Crippen molar-refractivity contribution in [2.75, 3.05) is 5.75 Å². The molecule has 0 aliphatic carbocycles. The lowest BCUT2D eigenvalue weighted by atomic mass is 10.1. The van der Waals surface area contributed by atoms with Crippen LogP contribution in [-0.2, 0) is 4.79 Å². The van der Waals surface area contributed by atoms with Gasteiger partial charge in [-0.15, -0.1) is 0 Å². The molecule has 16 heavy (non-hydrogen) atoms. The van der Waals surface area contributed by atoms with E-state index in [-0.39, 0.29) is 5.12 Å². The number of hydrogen-bond donors (Lipinski definition) is 0. The third-order valence-corrected chi connectivity index (χ3v) is 2.74. The highest BCUT2D eigenvalue weighted by molar-refractivity contribution is 8.13. The van der Waals surface area contributed by atoms with E-state index in [9.17, 15) is 9.59 Å². The Kier molecular flexibility index (Phi) is 5.10. The van der Waals surface area contributed by atoms with Crippen molar-refractivity contribution in [2.45, 2.75) is 6.92 Å². The third kappa shape index (κ3) is 3.73. The van der Waals surface area contributed by atoms with Gasteiger partial charge in [-0.25, -0.2) is 0 Å². The molecule has 0 saturated carbocycles. The topological polar surface area (TPSA) is 34.1 Å². The summed E-state index contributed by atoms with van der Waals surface area (Å²) in [6.07, 6.45) is 0.716. The van der Waals surface area contributed by atoms with Crippen LogP contribution in [-0.4, -0.2) is 17.2 Å². The summed E-state index contributed by atoms with van der Waals surface area (Å²) in [6, 6.07) is 5.03. The monoisotopic (exact) mass is 252 g/mol. The molecule has 0 fully saturated rings. The molecular weight excluding hydrogens is 244 g/mol. The van der Waals surface area contributed by atoms with Crippen LogP contribution in [0.3, 0.4) is 0 Å². The molecule has 0 saturated heterocycles. The molecule has 0 aromatic heterocycles. The number of thioether (sulfide) groups is 1. The number of benzene rings is 1. The molecule has 0 bridgehead atoms. The lowest BCUT2D eigenvalue weighted by Crippen LogP contribution is -1.88. The normalized spacial score (nSPS) is 9.12. The number of carbonyl (C=O) groups excluding carboxylic acids is 2. The fourth-order valence-corrected chi connectivity index (χ4v) is 1.61. The number of hydrogen-bond acceptors (Lipinski definition) is 3. The van der Waals surface area contributed by atoms with Gasteiger partial charge in [0.1, 0.15) is 0 Å². The Morgan fingerprint density at radius 3 is 2.94 bits per heavy atom. The van der Waals surface area contributed by atoms with Crippen LogP contribution in [0, 0.1) is 11.8 Å². The summed E-state index contributed by atoms with van der Waals surface area (Å²) in [4.78, 5) is 21.4. The first kappa shape index (κ1) is 12.8. The van der Waals surface area contributed by atoms with E-state index in [4.69, 9.17) is 11.6 Å². The maximum Gasteiger partial charge on any atom is 0.186 e. The van der Waals surface area contributed by atoms with Gasteiger partial charge in [-0.05, 0) is 6.07 Å². The lowest BCUT2D eigenvalue weighted by Gasteiger charge is -1.98. The molecule has 82 valence electrons. The fraction of sp³-hybridized carbons (Fsp3) is 0.167. The molecule has 1 rings (SSSR count). The molecule has 0 spiro atoms. The second kappa shape index (κ2) is 6.37. The van der Waals surface area contributed by atoms with Gasteiger partial charge in [0, 0.05) is 12.5 Å². The van der Waals surface area contributed by atoms with E-state index in [0.29, 0.717) is 28.2 Å². The average molecular weight is 253 g/mol. The first-order valence-corrected chi connectivity index (χ1v) is 5.87. The van der Waals surface area contributed by atoms with Crippen LogP contribution in [0.5, 0.6) is 0 Å². The SMILES string of the molecule is CC(=O)SCC#Cc1c(Cl)cccc1C=O. The average Bonchev–Trinajstić information content (AvgIpc) is 2.25. The summed E-state index contributed by atoms with van der Waals surface area (Å²) in [5.74, 6) is 6.00. The van der Waals surface area contributed by atoms with Crippen LogP contribution in [0.4, 0.5) is 0 Å². The molecule has 0 N–H and O–H groups in total. The Labute approximate surface area is 103 Å². The molecule has 0 radical (unpaired) electrons. The summed E-state index contributed by atoms with van der Waals surface area (Å²) >= 11 is 7.04. The number of halogens is 1. The molecule has 1 aromatic rings. The van der Waals surface area contributed by atoms with E-state index in [1.165, 1.54) is 6.92 Å². The van der Waals surface area contributed by atoms with Gasteiger partial charge in [-0.2, -0.15) is 0 Å². The molecule has 0 heterocycles. The minimum absolute atomic E-state index is 0.0177. The Balaban J connectivity index is 2.87. The van der Waals surface area contributed by atoms with Crippen molar-refractivity contribution in [3.8, 4) is 11.8 Å². The van der Waals surface area contributed by atoms with E-state index in [2.05, 4.69) is 11.8 Å². The Morgan fingerprint density at radius 2 is 2.31 bits per heavy atom. The van der Waals surface area contributed by atoms with E-state index in [1.807, 2.05) is 0 Å². The van der Waals surface area contributed by atoms with Crippen LogP contribution in [0.1, 0.15) is 22.8 Å². The minimum Gasteiger partial charge on any atom is -0.298 e. The van der Waals surface area contributed by atoms with Gasteiger partial charge in [0.15, 0.2) is 11.4 Å². The smallest absolute Gasteiger partial charge is 0.186 e. The minimum atomic E-state index is 0.0177. The summed E-state index contributed by atoms with van der Waals surface area (Å²) in [6.45, 7) is 1.48. The lowest BCUT2D eigenvalue weighted by molar-refractivity contribution is -0.109. The van der Waals surface area contributed by atoms with Gasteiger partial charge < -0.3 is 0 Å². The Bertz CT molecular complexity index is 472. The molecule has 4 heteroatoms. The number of rotatable bonds is 2. The quantitative estimate of drug-likeness (QED) is 0.600. The van der Waals surface area contributed by atoms with E-state index in [0.717, 1.165) is 11.8 Å². The van der Waals surface area contributed by atoms with Crippen molar-refractivity contribution in [1.29, 1.82) is 0 Å². The largest absolute Gasteiger partial charge is 0.298 e. The number of aldehydes is 1. The van der Waals surface area contributed by atoms with Gasteiger partial charge in [0.2, 0.25) is 0 Å². The van der Waals surface area contributed by atoms with Crippen molar-refractivity contribution in [3.63, 3.8) is 0 Å². The predicted molar refractivity (Wildman–Crippen MR) is 66.9 cm³/mol. The molecule has 2 nitrogen and oxygen atoms in total. The fourth-order valence-electron chi connectivity index (χ4n) is 1.03. The van der Waals surface area contributed by atoms with Crippen molar-refractivity contribution in [2.24, 2.45) is 0 Å². The Morgan fingerprint density at radius 1 is 1.56 bits per heavy atom. The maximum absolute atomic E-state index is 10.7. The summed E-state index contributed by atoms with van der Waals surface area (Å²) in [5.41, 5.74) is 0.983. The van der Waals surface area contributed by atoms with Crippen LogP contribution in [0.2, 0.25) is 5.02 Å². The number of carbonyl (C=O) groups is 2. The molecule has 0 amide bonds. The summed E-state index contributed by atoms with van der Waals surface area (Å²) < 4.78 is 0. The second-order valence-corrected chi connectivity index (χ2v) is 4.46. The van der Waals surface area contributed by atoms with Crippen molar-refractivity contribution in [3.05, 3.63) is 34.3 Å². The van der Waals surface area contributed by atoms with Gasteiger partial charge in [0.05, 0.1) is 16.3 Å². The Hall–Kier alpha value is -1.24. The zero-order valence-electron chi connectivity index (χ0n) is 8.62. The highest BCUT2D eigenvalue weighted by atomic mass is 35.5. The van der Waals surface area contributed by atoms with Gasteiger partial charge in [-0.1, -0.05) is 47.3 Å². The molecule has 1 aromatic carbocycles. The van der Waals surface area contributed by atoms with Gasteiger partial charge in [-0.3, -0.25) is 9.59 Å². The van der Waals surface area contributed by atoms with Crippen molar-refractivity contribution < 1.29 is 9.59 Å². The van der Waals surface area contributed by atoms with Gasteiger partial charge >= 0.3 is 0 Å². The molecular formula is C12H9ClO2S. The summed E-state index contributed by atoms with van der Waals surface area (Å²) in [5, 5.41) is 0.467. The zero-order chi connectivity index (χ0) is 12.0. The maximum atomic E-state index is 10.7. The van der Waals surface area contributed by atoms with Crippen LogP contribution in [0.25, 0.3) is 0 Å². The van der Waals surface area contributed by atoms with E-state index in [1.54, 1.807) is 18.2 Å². The standard InChI is InChI=1S/C12H9ClO2S/c1-9(15)16-7-3-5-11-10(8-14)4-2-6-12(11)13/h2,4,6,8H,7H2,1H3. The highest BCUT2D eigenvalue weighted by Crippen LogP contribution is 2.17.